The van der Waals surface area contributed by atoms with Gasteiger partial charge in [-0.3, -0.25) is 14.3 Å². The largest absolute Gasteiger partial charge is 0.384 e. The number of benzene rings is 1. The number of hydrogen-bond acceptors (Lipinski definition) is 6. The van der Waals surface area contributed by atoms with Crippen LogP contribution >= 0.6 is 23.1 Å². The fourth-order valence-electron chi connectivity index (χ4n) is 3.47. The molecule has 1 aliphatic heterocycles. The number of aromatic nitrogens is 2. The summed E-state index contributed by atoms with van der Waals surface area (Å²) < 4.78 is 8.50. The fraction of sp³-hybridized carbons (Fsp3) is 0.261. The molecule has 2 aromatic heterocycles. The molecule has 166 valence electrons. The molecule has 3 heterocycles. The number of methoxy groups -OCH3 is 1. The van der Waals surface area contributed by atoms with Crippen molar-refractivity contribution >= 4 is 45.9 Å². The van der Waals surface area contributed by atoms with Gasteiger partial charge in [-0.1, -0.05) is 30.0 Å². The smallest absolute Gasteiger partial charge is 0.296 e. The lowest BCUT2D eigenvalue weighted by atomic mass is 10.2. The first-order valence-corrected chi connectivity index (χ1v) is 11.9. The van der Waals surface area contributed by atoms with Gasteiger partial charge in [-0.15, -0.1) is 11.3 Å². The third kappa shape index (κ3) is 3.99. The van der Waals surface area contributed by atoms with E-state index >= 15 is 0 Å². The average Bonchev–Trinajstić information content (AvgIpc) is 3.39. The summed E-state index contributed by atoms with van der Waals surface area (Å²) in [5.41, 5.74) is 2.87. The van der Waals surface area contributed by atoms with Crippen molar-refractivity contribution in [2.75, 3.05) is 24.4 Å². The van der Waals surface area contributed by atoms with Crippen LogP contribution in [0.1, 0.15) is 16.1 Å². The number of aryl methyl sites for hydroxylation is 1. The number of amidine groups is 1. The molecule has 0 bridgehead atoms. The molecule has 0 spiro atoms. The number of aliphatic imine (C=N–C) groups is 1. The third-order valence-electron chi connectivity index (χ3n) is 5.27. The second kappa shape index (κ2) is 9.32. The number of carbonyl (C=O) groups excluding carboxylic acids is 1. The molecule has 0 atom stereocenters. The molecular formula is C23H24N4O3S2. The third-order valence-corrected chi connectivity index (χ3v) is 7.13. The Morgan fingerprint density at radius 3 is 2.56 bits per heavy atom. The number of anilines is 1. The Bertz CT molecular complexity index is 1270. The van der Waals surface area contributed by atoms with Crippen molar-refractivity contribution in [2.24, 2.45) is 12.0 Å². The highest BCUT2D eigenvalue weighted by Crippen LogP contribution is 2.31. The zero-order valence-electron chi connectivity index (χ0n) is 18.4. The van der Waals surface area contributed by atoms with E-state index < -0.39 is 0 Å². The Balaban J connectivity index is 1.82. The molecule has 0 N–H and O–H groups in total. The number of amides is 1. The van der Waals surface area contributed by atoms with E-state index in [1.54, 1.807) is 33.9 Å². The lowest BCUT2D eigenvalue weighted by Crippen LogP contribution is -2.35. The van der Waals surface area contributed by atoms with Gasteiger partial charge in [-0.25, -0.2) is 14.6 Å². The Morgan fingerprint density at radius 1 is 1.16 bits per heavy atom. The van der Waals surface area contributed by atoms with Crippen molar-refractivity contribution in [3.05, 3.63) is 74.0 Å². The maximum Gasteiger partial charge on any atom is 0.296 e. The molecule has 0 fully saturated rings. The van der Waals surface area contributed by atoms with Crippen molar-refractivity contribution in [3.63, 3.8) is 0 Å². The van der Waals surface area contributed by atoms with E-state index in [0.29, 0.717) is 34.6 Å². The van der Waals surface area contributed by atoms with Gasteiger partial charge in [0.05, 0.1) is 18.0 Å². The molecule has 4 rings (SSSR count). The predicted octanol–water partition coefficient (Wildman–Crippen LogP) is 3.98. The minimum absolute atomic E-state index is 0.266. The van der Waals surface area contributed by atoms with Gasteiger partial charge in [0.15, 0.2) is 5.17 Å². The summed E-state index contributed by atoms with van der Waals surface area (Å²) in [4.78, 5) is 34.1. The molecule has 1 aromatic carbocycles. The van der Waals surface area contributed by atoms with Gasteiger partial charge < -0.3 is 4.74 Å². The van der Waals surface area contributed by atoms with Gasteiger partial charge in [0, 0.05) is 24.8 Å². The van der Waals surface area contributed by atoms with E-state index in [1.807, 2.05) is 62.7 Å². The van der Waals surface area contributed by atoms with Crippen LogP contribution < -0.4 is 10.5 Å². The molecule has 9 heteroatoms. The highest BCUT2D eigenvalue weighted by Gasteiger charge is 2.36. The number of hydrogen-bond donors (Lipinski definition) is 0. The SMILES string of the molecule is COCCSC1=N/C(=C\c2sccc2C)C(=O)N1c1c(C)n(C)n(-c2ccccc2)c1=O. The molecule has 0 saturated carbocycles. The number of thiophene rings is 1. The van der Waals surface area contributed by atoms with E-state index in [9.17, 15) is 9.59 Å². The minimum atomic E-state index is -0.302. The predicted molar refractivity (Wildman–Crippen MR) is 132 cm³/mol. The maximum atomic E-state index is 13.5. The summed E-state index contributed by atoms with van der Waals surface area (Å²) in [7, 11) is 3.44. The summed E-state index contributed by atoms with van der Waals surface area (Å²) in [6.07, 6.45) is 1.80. The van der Waals surface area contributed by atoms with Crippen LogP contribution in [0.5, 0.6) is 0 Å². The van der Waals surface area contributed by atoms with Crippen LogP contribution in [0.2, 0.25) is 0 Å². The van der Waals surface area contributed by atoms with E-state index in [-0.39, 0.29) is 11.5 Å². The Kier molecular flexibility index (Phi) is 6.50. The van der Waals surface area contributed by atoms with Gasteiger partial charge in [-0.2, -0.15) is 0 Å². The number of ether oxygens (including phenoxy) is 1. The van der Waals surface area contributed by atoms with Crippen molar-refractivity contribution in [1.29, 1.82) is 0 Å². The van der Waals surface area contributed by atoms with Crippen LogP contribution in [0, 0.1) is 13.8 Å². The minimum Gasteiger partial charge on any atom is -0.384 e. The molecule has 0 radical (unpaired) electrons. The molecule has 32 heavy (non-hydrogen) atoms. The normalized spacial score (nSPS) is 15.1. The summed E-state index contributed by atoms with van der Waals surface area (Å²) >= 11 is 2.95. The van der Waals surface area contributed by atoms with Crippen molar-refractivity contribution < 1.29 is 9.53 Å². The van der Waals surface area contributed by atoms with Crippen molar-refractivity contribution in [3.8, 4) is 5.69 Å². The van der Waals surface area contributed by atoms with Crippen LogP contribution in [0.3, 0.4) is 0 Å². The Hall–Kier alpha value is -2.88. The van der Waals surface area contributed by atoms with Crippen LogP contribution in [-0.4, -0.2) is 39.9 Å². The molecule has 7 nitrogen and oxygen atoms in total. The van der Waals surface area contributed by atoms with E-state index in [1.165, 1.54) is 16.7 Å². The highest BCUT2D eigenvalue weighted by atomic mass is 32.2. The molecule has 1 aliphatic rings. The number of para-hydroxylation sites is 1. The Labute approximate surface area is 194 Å². The van der Waals surface area contributed by atoms with Crippen LogP contribution in [-0.2, 0) is 16.6 Å². The van der Waals surface area contributed by atoms with Gasteiger partial charge >= 0.3 is 0 Å². The lowest BCUT2D eigenvalue weighted by molar-refractivity contribution is -0.113. The first kappa shape index (κ1) is 22.3. The number of thioether (sulfide) groups is 1. The second-order valence-corrected chi connectivity index (χ2v) is 9.29. The first-order chi connectivity index (χ1) is 15.4. The lowest BCUT2D eigenvalue weighted by Gasteiger charge is -2.16. The van der Waals surface area contributed by atoms with E-state index in [0.717, 1.165) is 16.1 Å². The molecule has 1 amide bonds. The van der Waals surface area contributed by atoms with Crippen molar-refractivity contribution in [2.45, 2.75) is 13.8 Å². The van der Waals surface area contributed by atoms with Crippen molar-refractivity contribution in [1.82, 2.24) is 9.36 Å². The first-order valence-electron chi connectivity index (χ1n) is 10.1. The number of rotatable bonds is 6. The monoisotopic (exact) mass is 468 g/mol. The molecule has 0 saturated heterocycles. The molecular weight excluding hydrogens is 444 g/mol. The summed E-state index contributed by atoms with van der Waals surface area (Å²) in [6, 6.07) is 11.4. The molecule has 0 aliphatic carbocycles. The number of nitrogens with zero attached hydrogens (tertiary/aromatic N) is 4. The van der Waals surface area contributed by atoms with Crippen LogP contribution in [0.4, 0.5) is 5.69 Å². The van der Waals surface area contributed by atoms with Gasteiger partial charge in [-0.05, 0) is 49.1 Å². The summed E-state index contributed by atoms with van der Waals surface area (Å²) in [5, 5.41) is 2.47. The van der Waals surface area contributed by atoms with Gasteiger partial charge in [0.2, 0.25) is 0 Å². The number of carbonyl (C=O) groups is 1. The van der Waals surface area contributed by atoms with Gasteiger partial charge in [0.1, 0.15) is 11.4 Å². The molecule has 3 aromatic rings. The quantitative estimate of drug-likeness (QED) is 0.405. The second-order valence-electron chi connectivity index (χ2n) is 7.28. The zero-order valence-corrected chi connectivity index (χ0v) is 20.0. The van der Waals surface area contributed by atoms with Crippen LogP contribution in [0.25, 0.3) is 11.8 Å². The fourth-order valence-corrected chi connectivity index (χ4v) is 5.23. The maximum absolute atomic E-state index is 13.5. The highest BCUT2D eigenvalue weighted by molar-refractivity contribution is 8.14. The standard InChI is InChI=1S/C23H24N4O3S2/c1-15-10-12-31-19(15)14-18-21(28)26(23(24-18)32-13-11-30-4)20-16(2)25(3)27(22(20)29)17-8-6-5-7-9-17/h5-10,12,14H,11,13H2,1-4H3/b18-14-. The zero-order chi connectivity index (χ0) is 22.8. The Morgan fingerprint density at radius 2 is 1.91 bits per heavy atom. The topological polar surface area (TPSA) is 68.8 Å². The van der Waals surface area contributed by atoms with E-state index in [4.69, 9.17) is 4.74 Å². The van der Waals surface area contributed by atoms with Crippen LogP contribution in [0.15, 0.2) is 57.3 Å². The van der Waals surface area contributed by atoms with E-state index in [2.05, 4.69) is 4.99 Å². The van der Waals surface area contributed by atoms with Gasteiger partial charge in [0.25, 0.3) is 11.5 Å². The molecule has 0 unspecified atom stereocenters. The summed E-state index contributed by atoms with van der Waals surface area (Å²) in [6.45, 7) is 4.35. The summed E-state index contributed by atoms with van der Waals surface area (Å²) in [5.74, 6) is 0.312. The average molecular weight is 469 g/mol.